The van der Waals surface area contributed by atoms with Gasteiger partial charge in [0.25, 0.3) is 5.91 Å². The fraction of sp³-hybridized carbons (Fsp3) is 0.333. The van der Waals surface area contributed by atoms with Crippen molar-refractivity contribution in [2.24, 2.45) is 0 Å². The lowest BCUT2D eigenvalue weighted by molar-refractivity contribution is 0.0890. The molecule has 1 heterocycles. The summed E-state index contributed by atoms with van der Waals surface area (Å²) in [4.78, 5) is 16.4. The van der Waals surface area contributed by atoms with Gasteiger partial charge in [-0.2, -0.15) is 0 Å². The van der Waals surface area contributed by atoms with Crippen molar-refractivity contribution in [1.82, 2.24) is 10.3 Å². The number of benzene rings is 1. The summed E-state index contributed by atoms with van der Waals surface area (Å²) < 4.78 is 5.86. The van der Waals surface area contributed by atoms with Crippen molar-refractivity contribution in [2.45, 2.75) is 37.8 Å². The Bertz CT molecular complexity index is 681. The Kier molecular flexibility index (Phi) is 5.59. The Balaban J connectivity index is 1.47. The van der Waals surface area contributed by atoms with Crippen molar-refractivity contribution in [3.8, 4) is 5.88 Å². The van der Waals surface area contributed by atoms with Gasteiger partial charge >= 0.3 is 0 Å². The number of carbonyl (C=O) groups excluding carboxylic acids is 1. The highest BCUT2D eigenvalue weighted by atomic mass is 35.5. The zero-order chi connectivity index (χ0) is 16.9. The van der Waals surface area contributed by atoms with E-state index in [1.807, 2.05) is 0 Å². The summed E-state index contributed by atoms with van der Waals surface area (Å²) in [6, 6.07) is 10.6. The van der Waals surface area contributed by atoms with E-state index in [4.69, 9.17) is 27.9 Å². The van der Waals surface area contributed by atoms with Crippen LogP contribution in [0.4, 0.5) is 0 Å². The van der Waals surface area contributed by atoms with Gasteiger partial charge in [0.05, 0.1) is 5.02 Å². The molecule has 1 N–H and O–H groups in total. The van der Waals surface area contributed by atoms with Crippen molar-refractivity contribution in [2.75, 3.05) is 0 Å². The van der Waals surface area contributed by atoms with E-state index in [1.54, 1.807) is 42.6 Å². The largest absolute Gasteiger partial charge is 0.474 e. The van der Waals surface area contributed by atoms with Gasteiger partial charge in [0, 0.05) is 28.9 Å². The molecule has 0 aliphatic heterocycles. The van der Waals surface area contributed by atoms with Crippen LogP contribution in [0.1, 0.15) is 36.0 Å². The minimum absolute atomic E-state index is 0.0598. The van der Waals surface area contributed by atoms with E-state index in [0.717, 1.165) is 25.7 Å². The van der Waals surface area contributed by atoms with Crippen LogP contribution in [0.3, 0.4) is 0 Å². The highest BCUT2D eigenvalue weighted by Crippen LogP contribution is 2.24. The minimum Gasteiger partial charge on any atom is -0.474 e. The fourth-order valence-electron chi connectivity index (χ4n) is 2.80. The molecular formula is C18H18Cl2N2O2. The first kappa shape index (κ1) is 17.1. The normalized spacial score (nSPS) is 20.4. The predicted molar refractivity (Wildman–Crippen MR) is 94.8 cm³/mol. The van der Waals surface area contributed by atoms with Gasteiger partial charge in [-0.15, -0.1) is 0 Å². The first-order valence-corrected chi connectivity index (χ1v) is 8.70. The van der Waals surface area contributed by atoms with Gasteiger partial charge in [0.2, 0.25) is 5.88 Å². The van der Waals surface area contributed by atoms with Gasteiger partial charge in [-0.05, 0) is 56.0 Å². The SMILES string of the molecule is O=C(NC1CCC(Oc2ccc(Cl)cn2)CC1)c1ccc(Cl)cc1. The first-order chi connectivity index (χ1) is 11.6. The number of nitrogens with one attached hydrogen (secondary N) is 1. The molecule has 0 atom stereocenters. The van der Waals surface area contributed by atoms with E-state index in [-0.39, 0.29) is 18.1 Å². The quantitative estimate of drug-likeness (QED) is 0.868. The molecule has 0 bridgehead atoms. The summed E-state index contributed by atoms with van der Waals surface area (Å²) >= 11 is 11.7. The summed E-state index contributed by atoms with van der Waals surface area (Å²) in [5.41, 5.74) is 0.628. The summed E-state index contributed by atoms with van der Waals surface area (Å²) in [6.45, 7) is 0. The predicted octanol–water partition coefficient (Wildman–Crippen LogP) is 4.51. The minimum atomic E-state index is -0.0598. The van der Waals surface area contributed by atoms with Gasteiger partial charge in [0.1, 0.15) is 6.10 Å². The molecule has 0 spiro atoms. The van der Waals surface area contributed by atoms with Gasteiger partial charge in [0.15, 0.2) is 0 Å². The second-order valence-electron chi connectivity index (χ2n) is 5.89. The number of amides is 1. The summed E-state index contributed by atoms with van der Waals surface area (Å²) in [6.07, 6.45) is 5.25. The van der Waals surface area contributed by atoms with Crippen LogP contribution in [0.2, 0.25) is 10.0 Å². The third-order valence-electron chi connectivity index (χ3n) is 4.10. The lowest BCUT2D eigenvalue weighted by atomic mass is 9.92. The Morgan fingerprint density at radius 1 is 1.00 bits per heavy atom. The molecule has 1 aromatic heterocycles. The average molecular weight is 365 g/mol. The zero-order valence-electron chi connectivity index (χ0n) is 13.0. The number of hydrogen-bond acceptors (Lipinski definition) is 3. The zero-order valence-corrected chi connectivity index (χ0v) is 14.6. The molecule has 1 aliphatic rings. The number of carbonyl (C=O) groups is 1. The lowest BCUT2D eigenvalue weighted by Crippen LogP contribution is -2.39. The topological polar surface area (TPSA) is 51.2 Å². The van der Waals surface area contributed by atoms with Crippen molar-refractivity contribution < 1.29 is 9.53 Å². The average Bonchev–Trinajstić information content (AvgIpc) is 2.59. The Morgan fingerprint density at radius 3 is 2.29 bits per heavy atom. The van der Waals surface area contributed by atoms with E-state index in [9.17, 15) is 4.79 Å². The van der Waals surface area contributed by atoms with Crippen LogP contribution < -0.4 is 10.1 Å². The third kappa shape index (κ3) is 4.62. The molecule has 1 aliphatic carbocycles. The molecule has 1 amide bonds. The van der Waals surface area contributed by atoms with E-state index in [0.29, 0.717) is 21.5 Å². The van der Waals surface area contributed by atoms with Crippen molar-refractivity contribution in [3.63, 3.8) is 0 Å². The fourth-order valence-corrected chi connectivity index (χ4v) is 3.04. The molecule has 4 nitrogen and oxygen atoms in total. The van der Waals surface area contributed by atoms with Gasteiger partial charge < -0.3 is 10.1 Å². The number of ether oxygens (including phenoxy) is 1. The molecule has 24 heavy (non-hydrogen) atoms. The van der Waals surface area contributed by atoms with Crippen molar-refractivity contribution in [3.05, 3.63) is 58.2 Å². The maximum absolute atomic E-state index is 12.2. The molecule has 1 fully saturated rings. The number of rotatable bonds is 4. The summed E-state index contributed by atoms with van der Waals surface area (Å²) in [7, 11) is 0. The van der Waals surface area contributed by atoms with Crippen LogP contribution in [0, 0.1) is 0 Å². The highest BCUT2D eigenvalue weighted by Gasteiger charge is 2.24. The van der Waals surface area contributed by atoms with Gasteiger partial charge in [-0.1, -0.05) is 23.2 Å². The highest BCUT2D eigenvalue weighted by molar-refractivity contribution is 6.30. The number of aromatic nitrogens is 1. The second-order valence-corrected chi connectivity index (χ2v) is 6.76. The van der Waals surface area contributed by atoms with Crippen LogP contribution in [0.25, 0.3) is 0 Å². The van der Waals surface area contributed by atoms with Crippen molar-refractivity contribution >= 4 is 29.1 Å². The lowest BCUT2D eigenvalue weighted by Gasteiger charge is -2.29. The molecule has 1 aromatic carbocycles. The van der Waals surface area contributed by atoms with Gasteiger partial charge in [-0.3, -0.25) is 4.79 Å². The smallest absolute Gasteiger partial charge is 0.251 e. The Labute approximate surface area is 151 Å². The third-order valence-corrected chi connectivity index (χ3v) is 4.58. The Morgan fingerprint density at radius 2 is 1.67 bits per heavy atom. The number of hydrogen-bond donors (Lipinski definition) is 1. The Hall–Kier alpha value is -1.78. The van der Waals surface area contributed by atoms with Gasteiger partial charge in [-0.25, -0.2) is 4.98 Å². The molecule has 126 valence electrons. The summed E-state index contributed by atoms with van der Waals surface area (Å²) in [5, 5.41) is 4.29. The molecule has 0 unspecified atom stereocenters. The van der Waals surface area contributed by atoms with E-state index in [1.165, 1.54) is 0 Å². The monoisotopic (exact) mass is 364 g/mol. The molecular weight excluding hydrogens is 347 g/mol. The van der Waals surface area contributed by atoms with E-state index in [2.05, 4.69) is 10.3 Å². The molecule has 1 saturated carbocycles. The van der Waals surface area contributed by atoms with Crippen molar-refractivity contribution in [1.29, 1.82) is 0 Å². The number of pyridine rings is 1. The molecule has 0 saturated heterocycles. The molecule has 6 heteroatoms. The maximum Gasteiger partial charge on any atom is 0.251 e. The van der Waals surface area contributed by atoms with E-state index >= 15 is 0 Å². The first-order valence-electron chi connectivity index (χ1n) is 7.95. The maximum atomic E-state index is 12.2. The molecule has 2 aromatic rings. The van der Waals surface area contributed by atoms with Crippen LogP contribution >= 0.6 is 23.2 Å². The van der Waals surface area contributed by atoms with Crippen LogP contribution in [0.5, 0.6) is 5.88 Å². The molecule has 0 radical (unpaired) electrons. The standard InChI is InChI=1S/C18H18Cl2N2O2/c19-13-3-1-12(2-4-13)18(23)22-15-6-8-16(9-7-15)24-17-10-5-14(20)11-21-17/h1-5,10-11,15-16H,6-9H2,(H,22,23). The second kappa shape index (κ2) is 7.86. The number of halogens is 2. The van der Waals surface area contributed by atoms with Crippen LogP contribution in [-0.2, 0) is 0 Å². The summed E-state index contributed by atoms with van der Waals surface area (Å²) in [5.74, 6) is 0.531. The van der Waals surface area contributed by atoms with Crippen LogP contribution in [0.15, 0.2) is 42.6 Å². The number of nitrogens with zero attached hydrogens (tertiary/aromatic N) is 1. The van der Waals surface area contributed by atoms with Crippen LogP contribution in [-0.4, -0.2) is 23.0 Å². The van der Waals surface area contributed by atoms with E-state index < -0.39 is 0 Å². The molecule has 3 rings (SSSR count).